The van der Waals surface area contributed by atoms with Crippen LogP contribution in [-0.4, -0.2) is 22.2 Å². The molecule has 0 heterocycles. The van der Waals surface area contributed by atoms with Gasteiger partial charge in [-0.05, 0) is 17.2 Å². The molecule has 2 rings (SSSR count). The van der Waals surface area contributed by atoms with Gasteiger partial charge in [0.25, 0.3) is 0 Å². The molecule has 0 amide bonds. The minimum atomic E-state index is -5.74. The van der Waals surface area contributed by atoms with E-state index >= 15 is 0 Å². The normalized spacial score (nSPS) is 12.1. The standard InChI is InChI=1S/C16H8F6O4/c17-15(18,19)9-6-8(7-4-2-1-3-5-7)10(13(23)24)11(14(25)26)12(9)16(20,21)22/h1-6H,(H,23,24)(H,25,26). The van der Waals surface area contributed by atoms with Gasteiger partial charge in [0.2, 0.25) is 0 Å². The van der Waals surface area contributed by atoms with E-state index in [0.717, 1.165) is 12.1 Å². The Morgan fingerprint density at radius 1 is 0.769 bits per heavy atom. The molecule has 10 heteroatoms. The zero-order valence-electron chi connectivity index (χ0n) is 12.4. The number of carbonyl (C=O) groups is 2. The summed E-state index contributed by atoms with van der Waals surface area (Å²) in [7, 11) is 0. The first kappa shape index (κ1) is 19.3. The van der Waals surface area contributed by atoms with Crippen molar-refractivity contribution in [3.05, 3.63) is 58.7 Å². The Hall–Kier alpha value is -3.04. The van der Waals surface area contributed by atoms with Crippen LogP contribution in [0.25, 0.3) is 11.1 Å². The smallest absolute Gasteiger partial charge is 0.417 e. The lowest BCUT2D eigenvalue weighted by molar-refractivity contribution is -0.162. The quantitative estimate of drug-likeness (QED) is 0.754. The van der Waals surface area contributed by atoms with Gasteiger partial charge in [-0.2, -0.15) is 26.3 Å². The van der Waals surface area contributed by atoms with Crippen LogP contribution in [0.2, 0.25) is 0 Å². The first-order chi connectivity index (χ1) is 11.9. The zero-order valence-corrected chi connectivity index (χ0v) is 12.4. The van der Waals surface area contributed by atoms with Crippen LogP contribution < -0.4 is 0 Å². The molecule has 138 valence electrons. The minimum Gasteiger partial charge on any atom is -0.478 e. The molecule has 2 N–H and O–H groups in total. The Kier molecular flexibility index (Phi) is 4.71. The second-order valence-corrected chi connectivity index (χ2v) is 5.07. The van der Waals surface area contributed by atoms with Gasteiger partial charge < -0.3 is 10.2 Å². The highest BCUT2D eigenvalue weighted by Gasteiger charge is 2.48. The number of halogens is 6. The monoisotopic (exact) mass is 378 g/mol. The fraction of sp³-hybridized carbons (Fsp3) is 0.125. The molecule has 2 aromatic carbocycles. The molecule has 0 saturated carbocycles. The van der Waals surface area contributed by atoms with E-state index in [1.807, 2.05) is 0 Å². The van der Waals surface area contributed by atoms with Crippen LogP contribution in [0, 0.1) is 0 Å². The predicted octanol–water partition coefficient (Wildman–Crippen LogP) is 4.79. The summed E-state index contributed by atoms with van der Waals surface area (Å²) in [5.74, 6) is -4.53. The molecule has 26 heavy (non-hydrogen) atoms. The first-order valence-corrected chi connectivity index (χ1v) is 6.73. The zero-order chi connectivity index (χ0) is 19.9. The SMILES string of the molecule is O=C(O)c1c(-c2ccccc2)cc(C(F)(F)F)c(C(F)(F)F)c1C(=O)O. The molecule has 0 fully saturated rings. The van der Waals surface area contributed by atoms with E-state index in [0.29, 0.717) is 0 Å². The Balaban J connectivity index is 3.12. The van der Waals surface area contributed by atoms with Crippen LogP contribution in [0.15, 0.2) is 36.4 Å². The van der Waals surface area contributed by atoms with Crippen molar-refractivity contribution in [1.82, 2.24) is 0 Å². The van der Waals surface area contributed by atoms with E-state index in [-0.39, 0.29) is 11.6 Å². The second kappa shape index (κ2) is 6.36. The number of carboxylic acids is 2. The molecule has 0 saturated heterocycles. The van der Waals surface area contributed by atoms with Crippen molar-refractivity contribution in [3.63, 3.8) is 0 Å². The predicted molar refractivity (Wildman–Crippen MR) is 75.8 cm³/mol. The van der Waals surface area contributed by atoms with Crippen LogP contribution in [-0.2, 0) is 12.4 Å². The van der Waals surface area contributed by atoms with Crippen molar-refractivity contribution in [2.24, 2.45) is 0 Å². The van der Waals surface area contributed by atoms with Gasteiger partial charge in [-0.3, -0.25) is 0 Å². The van der Waals surface area contributed by atoms with Gasteiger partial charge in [0.05, 0.1) is 22.3 Å². The van der Waals surface area contributed by atoms with Crippen molar-refractivity contribution in [3.8, 4) is 11.1 Å². The van der Waals surface area contributed by atoms with Crippen LogP contribution in [0.3, 0.4) is 0 Å². The molecule has 0 unspecified atom stereocenters. The summed E-state index contributed by atoms with van der Waals surface area (Å²) in [6, 6.07) is 6.38. The Morgan fingerprint density at radius 2 is 1.27 bits per heavy atom. The summed E-state index contributed by atoms with van der Waals surface area (Å²) >= 11 is 0. The third-order valence-electron chi connectivity index (χ3n) is 3.43. The Morgan fingerprint density at radius 3 is 1.65 bits per heavy atom. The van der Waals surface area contributed by atoms with Crippen molar-refractivity contribution in [2.75, 3.05) is 0 Å². The van der Waals surface area contributed by atoms with E-state index in [2.05, 4.69) is 0 Å². The molecule has 0 aliphatic carbocycles. The molecule has 4 nitrogen and oxygen atoms in total. The van der Waals surface area contributed by atoms with Crippen molar-refractivity contribution >= 4 is 11.9 Å². The molecule has 0 radical (unpaired) electrons. The first-order valence-electron chi connectivity index (χ1n) is 6.73. The van der Waals surface area contributed by atoms with Gasteiger partial charge in [-0.1, -0.05) is 30.3 Å². The Bertz CT molecular complexity index is 869. The van der Waals surface area contributed by atoms with Crippen molar-refractivity contribution in [2.45, 2.75) is 12.4 Å². The lowest BCUT2D eigenvalue weighted by Gasteiger charge is -2.21. The maximum atomic E-state index is 13.2. The summed E-state index contributed by atoms with van der Waals surface area (Å²) in [6.07, 6.45) is -11.3. The summed E-state index contributed by atoms with van der Waals surface area (Å²) in [6.45, 7) is 0. The fourth-order valence-corrected chi connectivity index (χ4v) is 2.48. The maximum absolute atomic E-state index is 13.2. The fourth-order valence-electron chi connectivity index (χ4n) is 2.48. The van der Waals surface area contributed by atoms with Gasteiger partial charge in [-0.15, -0.1) is 0 Å². The van der Waals surface area contributed by atoms with E-state index in [4.69, 9.17) is 5.11 Å². The van der Waals surface area contributed by atoms with Crippen LogP contribution >= 0.6 is 0 Å². The Labute approximate surface area is 141 Å². The molecule has 0 atom stereocenters. The van der Waals surface area contributed by atoms with E-state index in [9.17, 15) is 41.0 Å². The lowest BCUT2D eigenvalue weighted by atomic mass is 9.87. The highest BCUT2D eigenvalue weighted by Crippen LogP contribution is 2.45. The van der Waals surface area contributed by atoms with Crippen LogP contribution in [0.1, 0.15) is 31.8 Å². The number of alkyl halides is 6. The molecule has 2 aromatic rings. The number of hydrogen-bond acceptors (Lipinski definition) is 2. The average Bonchev–Trinajstić information content (AvgIpc) is 2.51. The lowest BCUT2D eigenvalue weighted by Crippen LogP contribution is -2.24. The van der Waals surface area contributed by atoms with Crippen molar-refractivity contribution < 1.29 is 46.1 Å². The van der Waals surface area contributed by atoms with E-state index in [1.165, 1.54) is 18.2 Å². The van der Waals surface area contributed by atoms with Gasteiger partial charge in [0.1, 0.15) is 0 Å². The van der Waals surface area contributed by atoms with Gasteiger partial charge in [0.15, 0.2) is 0 Å². The number of rotatable bonds is 3. The molecule has 0 bridgehead atoms. The summed E-state index contributed by atoms with van der Waals surface area (Å²) in [5.41, 5.74) is -9.11. The van der Waals surface area contributed by atoms with E-state index in [1.54, 1.807) is 0 Å². The second-order valence-electron chi connectivity index (χ2n) is 5.07. The van der Waals surface area contributed by atoms with E-state index < -0.39 is 52.1 Å². The minimum absolute atomic E-state index is 0.00799. The summed E-state index contributed by atoms with van der Waals surface area (Å²) in [5, 5.41) is 18.3. The average molecular weight is 378 g/mol. The summed E-state index contributed by atoms with van der Waals surface area (Å²) < 4.78 is 79.3. The highest BCUT2D eigenvalue weighted by molar-refractivity contribution is 6.08. The maximum Gasteiger partial charge on any atom is 0.417 e. The molecular formula is C16H8F6O4. The number of hydrogen-bond donors (Lipinski definition) is 2. The van der Waals surface area contributed by atoms with Gasteiger partial charge in [0, 0.05) is 0 Å². The molecule has 0 aliphatic heterocycles. The van der Waals surface area contributed by atoms with Crippen LogP contribution in [0.5, 0.6) is 0 Å². The highest BCUT2D eigenvalue weighted by atomic mass is 19.4. The number of benzene rings is 2. The number of carboxylic acid groups (broad SMARTS) is 2. The third-order valence-corrected chi connectivity index (χ3v) is 3.43. The molecular weight excluding hydrogens is 370 g/mol. The van der Waals surface area contributed by atoms with Gasteiger partial charge in [-0.25, -0.2) is 9.59 Å². The number of aromatic carboxylic acids is 2. The molecule has 0 aromatic heterocycles. The van der Waals surface area contributed by atoms with Gasteiger partial charge >= 0.3 is 24.3 Å². The molecule has 0 spiro atoms. The summed E-state index contributed by atoms with van der Waals surface area (Å²) in [4.78, 5) is 22.8. The largest absolute Gasteiger partial charge is 0.478 e. The van der Waals surface area contributed by atoms with Crippen LogP contribution in [0.4, 0.5) is 26.3 Å². The third kappa shape index (κ3) is 3.48. The topological polar surface area (TPSA) is 74.6 Å². The van der Waals surface area contributed by atoms with Crippen molar-refractivity contribution in [1.29, 1.82) is 0 Å². The molecule has 0 aliphatic rings.